The van der Waals surface area contributed by atoms with Gasteiger partial charge in [0.25, 0.3) is 0 Å². The highest BCUT2D eigenvalue weighted by Crippen LogP contribution is 2.32. The van der Waals surface area contributed by atoms with E-state index in [4.69, 9.17) is 11.6 Å². The van der Waals surface area contributed by atoms with E-state index in [0.29, 0.717) is 6.20 Å². The summed E-state index contributed by atoms with van der Waals surface area (Å²) in [5, 5.41) is 7.12. The topological polar surface area (TPSA) is 77.2 Å². The first kappa shape index (κ1) is 17.6. The smallest absolute Gasteiger partial charge is 0.289 e. The van der Waals surface area contributed by atoms with Crippen LogP contribution in [0.1, 0.15) is 12.5 Å². The van der Waals surface area contributed by atoms with Crippen LogP contribution in [0.4, 0.5) is 13.2 Å². The number of halogens is 4. The zero-order valence-electron chi connectivity index (χ0n) is 12.6. The van der Waals surface area contributed by atoms with Crippen LogP contribution in [0.3, 0.4) is 0 Å². The van der Waals surface area contributed by atoms with E-state index in [1.807, 2.05) is 0 Å². The van der Waals surface area contributed by atoms with Crippen LogP contribution in [0.15, 0.2) is 35.5 Å². The highest BCUT2D eigenvalue weighted by atomic mass is 35.5. The lowest BCUT2D eigenvalue weighted by atomic mass is 10.3. The van der Waals surface area contributed by atoms with Gasteiger partial charge in [-0.3, -0.25) is 4.40 Å². The molecule has 0 spiro atoms. The van der Waals surface area contributed by atoms with Gasteiger partial charge in [-0.2, -0.15) is 13.2 Å². The van der Waals surface area contributed by atoms with Gasteiger partial charge in [-0.25, -0.2) is 13.4 Å². The van der Waals surface area contributed by atoms with Gasteiger partial charge < -0.3 is 0 Å². The predicted molar refractivity (Wildman–Crippen MR) is 84.0 cm³/mol. The largest absolute Gasteiger partial charge is 0.417 e. The van der Waals surface area contributed by atoms with Crippen molar-refractivity contribution in [3.63, 3.8) is 0 Å². The minimum atomic E-state index is -4.62. The fourth-order valence-electron chi connectivity index (χ4n) is 2.23. The average Bonchev–Trinajstić information content (AvgIpc) is 2.94. The Morgan fingerprint density at radius 1 is 1.16 bits per heavy atom. The summed E-state index contributed by atoms with van der Waals surface area (Å²) in [6.07, 6.45) is -3.91. The molecule has 0 saturated carbocycles. The van der Waals surface area contributed by atoms with Gasteiger partial charge in [-0.05, 0) is 24.3 Å². The number of nitrogens with zero attached hydrogens (tertiary/aromatic N) is 4. The van der Waals surface area contributed by atoms with Gasteiger partial charge in [0.05, 0.1) is 11.3 Å². The molecule has 0 aliphatic carbocycles. The lowest BCUT2D eigenvalue weighted by Gasteiger charge is -2.08. The molecule has 132 valence electrons. The van der Waals surface area contributed by atoms with E-state index < -0.39 is 21.6 Å². The molecule has 0 aliphatic rings. The third-order valence-corrected chi connectivity index (χ3v) is 5.39. The molecule has 0 bridgehead atoms. The molecule has 0 atom stereocenters. The Kier molecular flexibility index (Phi) is 4.20. The number of pyridine rings is 1. The van der Waals surface area contributed by atoms with Crippen LogP contribution in [-0.2, 0) is 16.0 Å². The molecule has 0 aromatic carbocycles. The van der Waals surface area contributed by atoms with Gasteiger partial charge in [0.15, 0.2) is 20.0 Å². The Balaban J connectivity index is 2.37. The average molecular weight is 391 g/mol. The number of aromatic nitrogens is 4. The van der Waals surface area contributed by atoms with Gasteiger partial charge in [-0.15, -0.1) is 10.2 Å². The van der Waals surface area contributed by atoms with Crippen molar-refractivity contribution < 1.29 is 21.6 Å². The van der Waals surface area contributed by atoms with Crippen molar-refractivity contribution in [2.75, 3.05) is 5.75 Å². The lowest BCUT2D eigenvalue weighted by Crippen LogP contribution is -2.11. The Hall–Kier alpha value is -2.20. The van der Waals surface area contributed by atoms with E-state index in [-0.39, 0.29) is 33.0 Å². The summed E-state index contributed by atoms with van der Waals surface area (Å²) >= 11 is 5.66. The SMILES string of the molecule is CCS(=O)(=O)c1c(-c2ccc(Cl)nn2)nc2ccc(C(F)(F)F)cn12. The number of sulfone groups is 1. The predicted octanol–water partition coefficient (Wildman–Crippen LogP) is 3.26. The van der Waals surface area contributed by atoms with Crippen LogP contribution in [0.25, 0.3) is 17.0 Å². The molecule has 3 aromatic rings. The van der Waals surface area contributed by atoms with E-state index in [1.54, 1.807) is 0 Å². The zero-order chi connectivity index (χ0) is 18.4. The van der Waals surface area contributed by atoms with Gasteiger partial charge in [0.2, 0.25) is 0 Å². The molecule has 25 heavy (non-hydrogen) atoms. The van der Waals surface area contributed by atoms with Crippen molar-refractivity contribution in [2.45, 2.75) is 18.1 Å². The van der Waals surface area contributed by atoms with Gasteiger partial charge in [0, 0.05) is 6.20 Å². The maximum atomic E-state index is 13.0. The molecule has 3 rings (SSSR count). The van der Waals surface area contributed by atoms with E-state index in [9.17, 15) is 21.6 Å². The molecule has 0 saturated heterocycles. The van der Waals surface area contributed by atoms with Crippen LogP contribution >= 0.6 is 11.6 Å². The first-order valence-corrected chi connectivity index (χ1v) is 8.98. The van der Waals surface area contributed by atoms with Crippen molar-refractivity contribution in [3.05, 3.63) is 41.2 Å². The van der Waals surface area contributed by atoms with Gasteiger partial charge >= 0.3 is 6.18 Å². The second kappa shape index (κ2) is 5.95. The zero-order valence-corrected chi connectivity index (χ0v) is 14.2. The molecule has 0 fully saturated rings. The van der Waals surface area contributed by atoms with Crippen LogP contribution in [0.5, 0.6) is 0 Å². The second-order valence-electron chi connectivity index (χ2n) is 5.05. The van der Waals surface area contributed by atoms with Crippen molar-refractivity contribution in [1.82, 2.24) is 19.6 Å². The number of hydrogen-bond acceptors (Lipinski definition) is 5. The summed E-state index contributed by atoms with van der Waals surface area (Å²) in [5.41, 5.74) is -0.926. The molecular weight excluding hydrogens is 381 g/mol. The van der Waals surface area contributed by atoms with Crippen molar-refractivity contribution in [2.24, 2.45) is 0 Å². The number of imidazole rings is 1. The van der Waals surface area contributed by atoms with Crippen LogP contribution in [0, 0.1) is 0 Å². The number of fused-ring (bicyclic) bond motifs is 1. The van der Waals surface area contributed by atoms with Crippen LogP contribution in [-0.4, -0.2) is 33.8 Å². The first-order valence-electron chi connectivity index (χ1n) is 6.95. The quantitative estimate of drug-likeness (QED) is 0.686. The summed E-state index contributed by atoms with van der Waals surface area (Å²) < 4.78 is 64.8. The minimum absolute atomic E-state index is 0.0479. The monoisotopic (exact) mass is 390 g/mol. The Labute approximate surface area is 145 Å². The van der Waals surface area contributed by atoms with Gasteiger partial charge in [-0.1, -0.05) is 18.5 Å². The van der Waals surface area contributed by atoms with Crippen molar-refractivity contribution >= 4 is 27.1 Å². The van der Waals surface area contributed by atoms with E-state index in [0.717, 1.165) is 16.5 Å². The van der Waals surface area contributed by atoms with Crippen LogP contribution in [0.2, 0.25) is 5.15 Å². The Morgan fingerprint density at radius 2 is 1.88 bits per heavy atom. The highest BCUT2D eigenvalue weighted by molar-refractivity contribution is 7.91. The van der Waals surface area contributed by atoms with Gasteiger partial charge in [0.1, 0.15) is 17.0 Å². The van der Waals surface area contributed by atoms with Crippen molar-refractivity contribution in [3.8, 4) is 11.4 Å². The molecule has 6 nitrogen and oxygen atoms in total. The number of rotatable bonds is 3. The lowest BCUT2D eigenvalue weighted by molar-refractivity contribution is -0.137. The third-order valence-electron chi connectivity index (χ3n) is 3.45. The number of hydrogen-bond donors (Lipinski definition) is 0. The Bertz CT molecular complexity index is 1050. The molecule has 0 radical (unpaired) electrons. The molecule has 11 heteroatoms. The minimum Gasteiger partial charge on any atom is -0.289 e. The fourth-order valence-corrected chi connectivity index (χ4v) is 3.50. The molecule has 0 amide bonds. The summed E-state index contributed by atoms with van der Waals surface area (Å²) in [5.74, 6) is -0.314. The maximum absolute atomic E-state index is 13.0. The molecule has 3 heterocycles. The maximum Gasteiger partial charge on any atom is 0.417 e. The second-order valence-corrected chi connectivity index (χ2v) is 7.63. The standard InChI is InChI=1S/C14H10ClF3N4O2S/c1-2-25(23,24)13-12(9-4-5-10(15)21-20-9)19-11-6-3-8(7-22(11)13)14(16,17)18/h3-7H,2H2,1H3. The molecule has 0 unspecified atom stereocenters. The summed E-state index contributed by atoms with van der Waals surface area (Å²) in [7, 11) is -3.90. The van der Waals surface area contributed by atoms with Crippen molar-refractivity contribution in [1.29, 1.82) is 0 Å². The van der Waals surface area contributed by atoms with E-state index >= 15 is 0 Å². The molecular formula is C14H10ClF3N4O2S. The normalized spacial score (nSPS) is 12.7. The molecule has 0 aliphatic heterocycles. The Morgan fingerprint density at radius 3 is 2.44 bits per heavy atom. The summed E-state index contributed by atoms with van der Waals surface area (Å²) in [6, 6.07) is 4.72. The summed E-state index contributed by atoms with van der Waals surface area (Å²) in [4.78, 5) is 4.12. The fraction of sp³-hybridized carbons (Fsp3) is 0.214. The summed E-state index contributed by atoms with van der Waals surface area (Å²) in [6.45, 7) is 1.39. The van der Waals surface area contributed by atoms with Crippen LogP contribution < -0.4 is 0 Å². The first-order chi connectivity index (χ1) is 11.6. The van der Waals surface area contributed by atoms with E-state index in [2.05, 4.69) is 15.2 Å². The third kappa shape index (κ3) is 3.19. The number of alkyl halides is 3. The molecule has 0 N–H and O–H groups in total. The highest BCUT2D eigenvalue weighted by Gasteiger charge is 2.33. The van der Waals surface area contributed by atoms with E-state index in [1.165, 1.54) is 19.1 Å². The molecule has 3 aromatic heterocycles.